The molecule has 4 aliphatic rings. The summed E-state index contributed by atoms with van der Waals surface area (Å²) in [6.07, 6.45) is 10.0. The first kappa shape index (κ1) is 39.6. The number of rotatable bonds is 8. The smallest absolute Gasteiger partial charge is 0.259 e. The SMILES string of the molecule is Cc1ncc(C(=O)N[C@H]2CCCCCC=C[C@@H]3C[C@@]3(C(=O)NS(=O)(=O)C3CC3)NC(=O)[C@@H]3C[C@@H](Oc4nc5ccccc5nc4-c4nc5ccccc5s4)CN3C2=O)cn1. The van der Waals surface area contributed by atoms with Crippen LogP contribution in [0.2, 0.25) is 0 Å². The number of benzene rings is 2. The minimum absolute atomic E-state index is 0.00356. The Labute approximate surface area is 349 Å². The van der Waals surface area contributed by atoms with Crippen molar-refractivity contribution >= 4 is 66.2 Å². The van der Waals surface area contributed by atoms with Gasteiger partial charge in [-0.15, -0.1) is 11.3 Å². The molecule has 9 rings (SSSR count). The van der Waals surface area contributed by atoms with Crippen LogP contribution in [0, 0.1) is 12.8 Å². The molecule has 0 spiro atoms. The maximum absolute atomic E-state index is 14.8. The van der Waals surface area contributed by atoms with Crippen molar-refractivity contribution in [3.63, 3.8) is 0 Å². The van der Waals surface area contributed by atoms with Crippen LogP contribution in [0.5, 0.6) is 5.88 Å². The average Bonchev–Trinajstić information content (AvgIpc) is 4.13. The van der Waals surface area contributed by atoms with Crippen LogP contribution in [0.4, 0.5) is 0 Å². The predicted molar refractivity (Wildman–Crippen MR) is 222 cm³/mol. The Bertz CT molecular complexity index is 2620. The molecule has 3 fully saturated rings. The second kappa shape index (κ2) is 15.9. The zero-order valence-electron chi connectivity index (χ0n) is 32.7. The zero-order valence-corrected chi connectivity index (χ0v) is 34.4. The summed E-state index contributed by atoms with van der Waals surface area (Å²) in [5.41, 5.74) is 1.04. The highest BCUT2D eigenvalue weighted by molar-refractivity contribution is 7.91. The first-order valence-electron chi connectivity index (χ1n) is 20.2. The number of amides is 4. The van der Waals surface area contributed by atoms with E-state index in [2.05, 4.69) is 25.3 Å². The lowest BCUT2D eigenvalue weighted by Gasteiger charge is -2.30. The molecule has 2 aliphatic carbocycles. The number of aromatic nitrogens is 5. The summed E-state index contributed by atoms with van der Waals surface area (Å²) in [6, 6.07) is 12.9. The summed E-state index contributed by atoms with van der Waals surface area (Å²) >= 11 is 1.43. The van der Waals surface area contributed by atoms with Gasteiger partial charge >= 0.3 is 0 Å². The first-order valence-corrected chi connectivity index (χ1v) is 22.6. The third-order valence-corrected chi connectivity index (χ3v) is 14.4. The van der Waals surface area contributed by atoms with E-state index >= 15 is 0 Å². The molecule has 5 atom stereocenters. The standard InChI is InChI=1S/C42H43N9O7S2/c1-24-43-21-25(22-44-24)36(52)46-32-15-6-4-2-3-5-11-26-20-42(26,41(55)50-60(56,57)28-17-18-28)49-37(53)33-19-27(23-51(33)40(32)54)58-38-35(45-29-12-7-8-13-30(29)47-38)39-48-31-14-9-10-16-34(31)59-39/h5,7-14,16,21-22,26-28,32-33H,2-4,6,15,17-20,23H2,1H3,(H,46,52)(H,49,53)(H,50,55)/t26-,27-,32+,33+,42-/m1/s1. The highest BCUT2D eigenvalue weighted by Gasteiger charge is 2.62. The number of carbonyl (C=O) groups is 4. The van der Waals surface area contributed by atoms with E-state index in [1.165, 1.54) is 28.6 Å². The van der Waals surface area contributed by atoms with Gasteiger partial charge in [-0.25, -0.2) is 33.3 Å². The van der Waals surface area contributed by atoms with Crippen LogP contribution in [-0.2, 0) is 24.4 Å². The van der Waals surface area contributed by atoms with Crippen LogP contribution in [0.25, 0.3) is 32.0 Å². The van der Waals surface area contributed by atoms with Gasteiger partial charge in [-0.2, -0.15) is 0 Å². The second-order valence-corrected chi connectivity index (χ2v) is 18.9. The number of hydrogen-bond donors (Lipinski definition) is 3. The fraction of sp³-hybridized carbons (Fsp3) is 0.405. The van der Waals surface area contributed by atoms with Gasteiger partial charge in [0.25, 0.3) is 11.8 Å². The molecule has 2 aromatic carbocycles. The Morgan fingerprint density at radius 2 is 1.67 bits per heavy atom. The molecule has 16 nitrogen and oxygen atoms in total. The molecule has 2 aliphatic heterocycles. The molecular weight excluding hydrogens is 807 g/mol. The maximum atomic E-state index is 14.8. The number of nitrogens with one attached hydrogen (secondary N) is 3. The molecule has 18 heteroatoms. The topological polar surface area (TPSA) is 215 Å². The number of nitrogens with zero attached hydrogens (tertiary/aromatic N) is 6. The van der Waals surface area contributed by atoms with Gasteiger partial charge in [0.05, 0.1) is 38.6 Å². The van der Waals surface area contributed by atoms with Crippen LogP contribution in [0.3, 0.4) is 0 Å². The number of allylic oxidation sites excluding steroid dienone is 1. The summed E-state index contributed by atoms with van der Waals surface area (Å²) in [6.45, 7) is 1.63. The molecule has 4 amide bonds. The Kier molecular flexibility index (Phi) is 10.5. The van der Waals surface area contributed by atoms with E-state index in [4.69, 9.17) is 19.7 Å². The number of carbonyl (C=O) groups excluding carboxylic acids is 4. The minimum atomic E-state index is -3.92. The first-order chi connectivity index (χ1) is 29.0. The van der Waals surface area contributed by atoms with Crippen molar-refractivity contribution in [1.82, 2.24) is 45.2 Å². The fourth-order valence-electron chi connectivity index (χ4n) is 7.94. The highest BCUT2D eigenvalue weighted by atomic mass is 32.2. The number of ether oxygens (including phenoxy) is 1. The van der Waals surface area contributed by atoms with Gasteiger partial charge in [0, 0.05) is 24.7 Å². The number of hydrogen-bond acceptors (Lipinski definition) is 13. The lowest BCUT2D eigenvalue weighted by atomic mass is 10.0. The number of aryl methyl sites for hydroxylation is 1. The molecule has 2 saturated carbocycles. The van der Waals surface area contributed by atoms with Crippen molar-refractivity contribution in [2.75, 3.05) is 6.54 Å². The molecule has 0 unspecified atom stereocenters. The molecular formula is C42H43N9O7S2. The minimum Gasteiger partial charge on any atom is -0.471 e. The molecule has 5 heterocycles. The van der Waals surface area contributed by atoms with Crippen LogP contribution in [0.1, 0.15) is 74.0 Å². The van der Waals surface area contributed by atoms with Gasteiger partial charge in [-0.1, -0.05) is 49.3 Å². The third-order valence-electron chi connectivity index (χ3n) is 11.5. The van der Waals surface area contributed by atoms with Crippen LogP contribution in [-0.4, -0.2) is 97.4 Å². The van der Waals surface area contributed by atoms with Crippen molar-refractivity contribution in [2.45, 2.75) is 93.7 Å². The van der Waals surface area contributed by atoms with Gasteiger partial charge in [-0.3, -0.25) is 23.9 Å². The van der Waals surface area contributed by atoms with Gasteiger partial charge < -0.3 is 20.3 Å². The lowest BCUT2D eigenvalue weighted by Crippen LogP contribution is -2.58. The molecule has 60 heavy (non-hydrogen) atoms. The molecule has 310 valence electrons. The Balaban J connectivity index is 1.06. The monoisotopic (exact) mass is 849 g/mol. The van der Waals surface area contributed by atoms with E-state index < -0.39 is 68.5 Å². The van der Waals surface area contributed by atoms with Gasteiger partial charge in [0.2, 0.25) is 27.7 Å². The van der Waals surface area contributed by atoms with Crippen molar-refractivity contribution in [1.29, 1.82) is 0 Å². The summed E-state index contributed by atoms with van der Waals surface area (Å²) in [7, 11) is -3.92. The average molecular weight is 850 g/mol. The summed E-state index contributed by atoms with van der Waals surface area (Å²) < 4.78 is 35.7. The van der Waals surface area contributed by atoms with Crippen LogP contribution >= 0.6 is 11.3 Å². The second-order valence-electron chi connectivity index (χ2n) is 15.9. The molecule has 0 bridgehead atoms. The van der Waals surface area contributed by atoms with Gasteiger partial charge in [0.1, 0.15) is 34.6 Å². The zero-order chi connectivity index (χ0) is 41.6. The van der Waals surface area contributed by atoms with Crippen molar-refractivity contribution in [2.24, 2.45) is 5.92 Å². The summed E-state index contributed by atoms with van der Waals surface area (Å²) in [5.74, 6) is -2.29. The van der Waals surface area contributed by atoms with E-state index in [1.54, 1.807) is 6.92 Å². The molecule has 1 saturated heterocycles. The molecule has 0 radical (unpaired) electrons. The van der Waals surface area contributed by atoms with Crippen LogP contribution < -0.4 is 20.1 Å². The van der Waals surface area contributed by atoms with Gasteiger partial charge in [0.15, 0.2) is 5.69 Å². The van der Waals surface area contributed by atoms with Crippen LogP contribution in [0.15, 0.2) is 73.1 Å². The predicted octanol–water partition coefficient (Wildman–Crippen LogP) is 4.16. The van der Waals surface area contributed by atoms with Gasteiger partial charge in [-0.05, 0) is 69.7 Å². The molecule has 5 aromatic rings. The van der Waals surface area contributed by atoms with E-state index in [1.807, 2.05) is 60.7 Å². The molecule has 3 N–H and O–H groups in total. The summed E-state index contributed by atoms with van der Waals surface area (Å²) in [5, 5.41) is 5.72. The highest BCUT2D eigenvalue weighted by Crippen LogP contribution is 2.46. The van der Waals surface area contributed by atoms with E-state index in [0.717, 1.165) is 23.1 Å². The van der Waals surface area contributed by atoms with Crippen molar-refractivity contribution in [3.8, 4) is 16.6 Å². The third kappa shape index (κ3) is 8.04. The molecule has 3 aromatic heterocycles. The van der Waals surface area contributed by atoms with E-state index in [0.29, 0.717) is 59.7 Å². The number of para-hydroxylation sites is 3. The van der Waals surface area contributed by atoms with E-state index in [9.17, 15) is 27.6 Å². The van der Waals surface area contributed by atoms with Crippen molar-refractivity contribution < 1.29 is 32.3 Å². The lowest BCUT2D eigenvalue weighted by molar-refractivity contribution is -0.141. The number of fused-ring (bicyclic) bond motifs is 4. The normalized spacial score (nSPS) is 24.8. The maximum Gasteiger partial charge on any atom is 0.259 e. The largest absolute Gasteiger partial charge is 0.471 e. The van der Waals surface area contributed by atoms with E-state index in [-0.39, 0.29) is 30.8 Å². The Morgan fingerprint density at radius 3 is 2.42 bits per heavy atom. The quantitative estimate of drug-likeness (QED) is 0.188. The number of thiazole rings is 1. The summed E-state index contributed by atoms with van der Waals surface area (Å²) in [4.78, 5) is 81.1. The Hall–Kier alpha value is -5.88. The Morgan fingerprint density at radius 1 is 0.933 bits per heavy atom. The number of sulfonamides is 1. The fourth-order valence-corrected chi connectivity index (χ4v) is 10.2. The van der Waals surface area contributed by atoms with Crippen molar-refractivity contribution in [3.05, 3.63) is 84.5 Å².